The zero-order valence-corrected chi connectivity index (χ0v) is 11.1. The average Bonchev–Trinajstić information content (AvgIpc) is 2.41. The number of ether oxygens (including phenoxy) is 1. The Balaban J connectivity index is 2.33. The normalized spacial score (nSPS) is 10.5. The molecule has 0 fully saturated rings. The Bertz CT molecular complexity index is 492. The molecule has 0 saturated carbocycles. The van der Waals surface area contributed by atoms with E-state index in [1.807, 2.05) is 0 Å². The van der Waals surface area contributed by atoms with Crippen LogP contribution in [-0.2, 0) is 14.3 Å². The van der Waals surface area contributed by atoms with Gasteiger partial charge in [0.1, 0.15) is 12.2 Å². The number of nitrogens with zero attached hydrogens (tertiary/aromatic N) is 1. The summed E-state index contributed by atoms with van der Waals surface area (Å²) >= 11 is 0. The highest BCUT2D eigenvalue weighted by Gasteiger charge is 2.07. The summed E-state index contributed by atoms with van der Waals surface area (Å²) in [5, 5.41) is 6.08. The molecule has 0 unspecified atom stereocenters. The molecule has 0 saturated heterocycles. The molecule has 0 radical (unpaired) electrons. The zero-order chi connectivity index (χ0) is 14.8. The highest BCUT2D eigenvalue weighted by atomic mass is 19.1. The van der Waals surface area contributed by atoms with Gasteiger partial charge in [-0.1, -0.05) is 18.2 Å². The minimum absolute atomic E-state index is 0.248. The smallest absolute Gasteiger partial charge is 0.249 e. The van der Waals surface area contributed by atoms with Crippen LogP contribution in [0.25, 0.3) is 0 Å². The lowest BCUT2D eigenvalue weighted by Crippen LogP contribution is -2.31. The largest absolute Gasteiger partial charge is 0.383 e. The van der Waals surface area contributed by atoms with Gasteiger partial charge in [-0.15, -0.1) is 0 Å². The number of hydrogen-bond donors (Lipinski definition) is 2. The van der Waals surface area contributed by atoms with Crippen LogP contribution in [-0.4, -0.2) is 38.3 Å². The number of hydrogen-bond acceptors (Lipinski definition) is 4. The first-order valence-electron chi connectivity index (χ1n) is 5.95. The van der Waals surface area contributed by atoms with Crippen molar-refractivity contribution in [1.82, 2.24) is 10.7 Å². The van der Waals surface area contributed by atoms with Gasteiger partial charge in [0.15, 0.2) is 0 Å². The third-order valence-electron chi connectivity index (χ3n) is 2.25. The van der Waals surface area contributed by atoms with Gasteiger partial charge in [0.2, 0.25) is 11.8 Å². The van der Waals surface area contributed by atoms with Crippen LogP contribution in [0.2, 0.25) is 0 Å². The Morgan fingerprint density at radius 3 is 2.80 bits per heavy atom. The summed E-state index contributed by atoms with van der Waals surface area (Å²) in [7, 11) is 1.51. The number of methoxy groups -OCH3 is 1. The third-order valence-corrected chi connectivity index (χ3v) is 2.25. The van der Waals surface area contributed by atoms with Gasteiger partial charge in [-0.05, 0) is 6.07 Å². The molecule has 2 amide bonds. The number of carbonyl (C=O) groups is 2. The molecular weight excluding hydrogens is 265 g/mol. The molecule has 7 heteroatoms. The molecule has 0 aromatic heterocycles. The van der Waals surface area contributed by atoms with E-state index in [1.54, 1.807) is 12.1 Å². The van der Waals surface area contributed by atoms with Crippen molar-refractivity contribution in [3.8, 4) is 0 Å². The van der Waals surface area contributed by atoms with E-state index >= 15 is 0 Å². The number of benzene rings is 1. The number of carbonyl (C=O) groups excluding carboxylic acids is 2. The van der Waals surface area contributed by atoms with E-state index in [1.165, 1.54) is 25.5 Å². The lowest BCUT2D eigenvalue weighted by molar-refractivity contribution is -0.129. The van der Waals surface area contributed by atoms with Crippen LogP contribution in [0.4, 0.5) is 4.39 Å². The van der Waals surface area contributed by atoms with Crippen LogP contribution in [0.5, 0.6) is 0 Å². The summed E-state index contributed by atoms with van der Waals surface area (Å²) in [4.78, 5) is 22.6. The van der Waals surface area contributed by atoms with Crippen molar-refractivity contribution in [3.63, 3.8) is 0 Å². The summed E-state index contributed by atoms with van der Waals surface area (Å²) in [5.74, 6) is -1.45. The maximum atomic E-state index is 13.2. The first-order chi connectivity index (χ1) is 9.63. The summed E-state index contributed by atoms with van der Waals surface area (Å²) < 4.78 is 18.0. The van der Waals surface area contributed by atoms with Gasteiger partial charge in [0.25, 0.3) is 0 Å². The van der Waals surface area contributed by atoms with Crippen molar-refractivity contribution >= 4 is 18.0 Å². The van der Waals surface area contributed by atoms with E-state index in [0.717, 1.165) is 0 Å². The van der Waals surface area contributed by atoms with Crippen molar-refractivity contribution in [2.24, 2.45) is 5.10 Å². The Morgan fingerprint density at radius 1 is 1.35 bits per heavy atom. The summed E-state index contributed by atoms with van der Waals surface area (Å²) in [6.45, 7) is 0.708. The molecule has 0 spiro atoms. The van der Waals surface area contributed by atoms with Gasteiger partial charge in [0, 0.05) is 19.2 Å². The molecule has 0 atom stereocenters. The number of amides is 2. The highest BCUT2D eigenvalue weighted by Crippen LogP contribution is 2.02. The predicted octanol–water partition coefficient (Wildman–Crippen LogP) is 0.429. The van der Waals surface area contributed by atoms with Crippen molar-refractivity contribution < 1.29 is 18.7 Å². The van der Waals surface area contributed by atoms with Crippen molar-refractivity contribution in [3.05, 3.63) is 35.6 Å². The van der Waals surface area contributed by atoms with Crippen LogP contribution in [0.15, 0.2) is 29.4 Å². The van der Waals surface area contributed by atoms with E-state index < -0.39 is 17.6 Å². The lowest BCUT2D eigenvalue weighted by atomic mass is 10.2. The number of rotatable bonds is 7. The SMILES string of the molecule is COCCNC(=O)CC(=O)N/N=C\c1ccccc1F. The van der Waals surface area contributed by atoms with Crippen LogP contribution in [0, 0.1) is 5.82 Å². The molecule has 2 N–H and O–H groups in total. The molecule has 0 bridgehead atoms. The number of nitrogens with one attached hydrogen (secondary N) is 2. The van der Waals surface area contributed by atoms with Crippen LogP contribution in [0.3, 0.4) is 0 Å². The molecule has 0 aliphatic rings. The van der Waals surface area contributed by atoms with Gasteiger partial charge >= 0.3 is 0 Å². The standard InChI is InChI=1S/C13H16FN3O3/c1-20-7-6-15-12(18)8-13(19)17-16-9-10-4-2-3-5-11(10)14/h2-5,9H,6-8H2,1H3,(H,15,18)(H,17,19)/b16-9-. The van der Waals surface area contributed by atoms with E-state index in [-0.39, 0.29) is 12.0 Å². The molecule has 1 aromatic carbocycles. The lowest BCUT2D eigenvalue weighted by Gasteiger charge is -2.03. The molecule has 20 heavy (non-hydrogen) atoms. The van der Waals surface area contributed by atoms with Crippen molar-refractivity contribution in [2.75, 3.05) is 20.3 Å². The Kier molecular flexibility index (Phi) is 6.91. The zero-order valence-electron chi connectivity index (χ0n) is 11.1. The van der Waals surface area contributed by atoms with Gasteiger partial charge in [-0.2, -0.15) is 5.10 Å². The molecule has 0 aliphatic carbocycles. The van der Waals surface area contributed by atoms with Gasteiger partial charge in [0.05, 0.1) is 12.8 Å². The maximum absolute atomic E-state index is 13.2. The van der Waals surface area contributed by atoms with E-state index in [2.05, 4.69) is 15.8 Å². The van der Waals surface area contributed by atoms with Crippen LogP contribution in [0.1, 0.15) is 12.0 Å². The fourth-order valence-corrected chi connectivity index (χ4v) is 1.29. The number of halogens is 1. The third kappa shape index (κ3) is 6.05. The monoisotopic (exact) mass is 281 g/mol. The van der Waals surface area contributed by atoms with Crippen LogP contribution >= 0.6 is 0 Å². The molecule has 1 rings (SSSR count). The Labute approximate surface area is 116 Å². The summed E-state index contributed by atoms with van der Waals surface area (Å²) in [6, 6.07) is 6.00. The van der Waals surface area contributed by atoms with Crippen LogP contribution < -0.4 is 10.7 Å². The average molecular weight is 281 g/mol. The predicted molar refractivity (Wildman–Crippen MR) is 71.6 cm³/mol. The topological polar surface area (TPSA) is 79.8 Å². The van der Waals surface area contributed by atoms with Crippen molar-refractivity contribution in [1.29, 1.82) is 0 Å². The minimum Gasteiger partial charge on any atom is -0.383 e. The van der Waals surface area contributed by atoms with Gasteiger partial charge in [-0.25, -0.2) is 9.82 Å². The summed E-state index contributed by atoms with van der Waals surface area (Å²) in [5.41, 5.74) is 2.40. The van der Waals surface area contributed by atoms with Crippen molar-refractivity contribution in [2.45, 2.75) is 6.42 Å². The fraction of sp³-hybridized carbons (Fsp3) is 0.308. The van der Waals surface area contributed by atoms with Gasteiger partial charge < -0.3 is 10.1 Å². The Hall–Kier alpha value is -2.28. The second-order valence-electron chi connectivity index (χ2n) is 3.83. The molecule has 1 aromatic rings. The molecule has 108 valence electrons. The maximum Gasteiger partial charge on any atom is 0.249 e. The molecule has 0 aliphatic heterocycles. The molecular formula is C13H16FN3O3. The first kappa shape index (κ1) is 15.8. The quantitative estimate of drug-likeness (QED) is 0.329. The fourth-order valence-electron chi connectivity index (χ4n) is 1.29. The first-order valence-corrected chi connectivity index (χ1v) is 5.95. The van der Waals surface area contributed by atoms with E-state index in [0.29, 0.717) is 13.2 Å². The minimum atomic E-state index is -0.576. The van der Waals surface area contributed by atoms with E-state index in [4.69, 9.17) is 4.74 Å². The van der Waals surface area contributed by atoms with E-state index in [9.17, 15) is 14.0 Å². The second-order valence-corrected chi connectivity index (χ2v) is 3.83. The second kappa shape index (κ2) is 8.76. The molecule has 6 nitrogen and oxygen atoms in total. The highest BCUT2D eigenvalue weighted by molar-refractivity contribution is 5.97. The number of hydrazone groups is 1. The Morgan fingerprint density at radius 2 is 2.10 bits per heavy atom. The van der Waals surface area contributed by atoms with Gasteiger partial charge in [-0.3, -0.25) is 9.59 Å². The molecule has 0 heterocycles. The summed E-state index contributed by atoms with van der Waals surface area (Å²) in [6.07, 6.45) is 0.828.